The predicted molar refractivity (Wildman–Crippen MR) is 58.3 cm³/mol. The van der Waals surface area contributed by atoms with E-state index in [9.17, 15) is 0 Å². The molecule has 0 saturated carbocycles. The molecule has 0 aliphatic carbocycles. The molecule has 14 heavy (non-hydrogen) atoms. The molecule has 0 spiro atoms. The maximum Gasteiger partial charge on any atom is 0.104 e. The molecule has 0 fully saturated rings. The largest absolute Gasteiger partial charge is 0.342 e. The van der Waals surface area contributed by atoms with Crippen molar-refractivity contribution in [2.75, 3.05) is 0 Å². The molecule has 68 valence electrons. The second-order valence-corrected chi connectivity index (χ2v) is 3.54. The zero-order chi connectivity index (χ0) is 9.54. The molecule has 3 rings (SSSR count). The van der Waals surface area contributed by atoms with Gasteiger partial charge in [-0.3, -0.25) is 0 Å². The summed E-state index contributed by atoms with van der Waals surface area (Å²) in [6.07, 6.45) is 0. The molecule has 0 radical (unpaired) electrons. The fourth-order valence-electron chi connectivity index (χ4n) is 1.82. The molecular formula is C12H10N2. The maximum atomic E-state index is 4.41. The Bertz CT molecular complexity index is 555. The van der Waals surface area contributed by atoms with Crippen molar-refractivity contribution in [3.05, 3.63) is 42.2 Å². The smallest absolute Gasteiger partial charge is 0.104 e. The van der Waals surface area contributed by atoms with Crippen LogP contribution in [-0.2, 0) is 0 Å². The lowest BCUT2D eigenvalue weighted by molar-refractivity contribution is 1.17. The Hall–Kier alpha value is -1.83. The number of fused-ring (bicyclic) bond motifs is 2. The Kier molecular flexibility index (Phi) is 1.39. The number of nitrogens with one attached hydrogen (secondary N) is 1. The first kappa shape index (κ1) is 7.56. The third kappa shape index (κ3) is 1.01. The van der Waals surface area contributed by atoms with Gasteiger partial charge in [-0.25, -0.2) is 4.98 Å². The highest BCUT2D eigenvalue weighted by Crippen LogP contribution is 2.20. The van der Waals surface area contributed by atoms with Gasteiger partial charge in [0.05, 0.1) is 11.0 Å². The normalized spacial score (nSPS) is 11.2. The van der Waals surface area contributed by atoms with Gasteiger partial charge in [-0.15, -0.1) is 0 Å². The van der Waals surface area contributed by atoms with Gasteiger partial charge in [0.1, 0.15) is 5.82 Å². The summed E-state index contributed by atoms with van der Waals surface area (Å²) in [4.78, 5) is 7.65. The Morgan fingerprint density at radius 3 is 2.57 bits per heavy atom. The summed E-state index contributed by atoms with van der Waals surface area (Å²) in [5.41, 5.74) is 2.16. The van der Waals surface area contributed by atoms with E-state index in [4.69, 9.17) is 0 Å². The third-order valence-electron chi connectivity index (χ3n) is 2.47. The van der Waals surface area contributed by atoms with Crippen molar-refractivity contribution < 1.29 is 0 Å². The van der Waals surface area contributed by atoms with Crippen LogP contribution in [0.5, 0.6) is 0 Å². The molecule has 3 aromatic rings. The highest BCUT2D eigenvalue weighted by molar-refractivity contribution is 5.95. The number of benzene rings is 2. The van der Waals surface area contributed by atoms with E-state index < -0.39 is 0 Å². The van der Waals surface area contributed by atoms with Crippen LogP contribution in [0.15, 0.2) is 36.4 Å². The van der Waals surface area contributed by atoms with E-state index in [0.29, 0.717) is 0 Å². The van der Waals surface area contributed by atoms with Crippen molar-refractivity contribution in [2.24, 2.45) is 0 Å². The summed E-state index contributed by atoms with van der Waals surface area (Å²) in [5.74, 6) is 0.968. The quantitative estimate of drug-likeness (QED) is 0.568. The molecule has 0 saturated heterocycles. The lowest BCUT2D eigenvalue weighted by Crippen LogP contribution is -1.73. The summed E-state index contributed by atoms with van der Waals surface area (Å²) in [7, 11) is 0. The Morgan fingerprint density at radius 2 is 1.79 bits per heavy atom. The summed E-state index contributed by atoms with van der Waals surface area (Å²) in [5, 5.41) is 2.50. The van der Waals surface area contributed by atoms with Crippen LogP contribution in [0, 0.1) is 6.92 Å². The molecule has 2 heteroatoms. The van der Waals surface area contributed by atoms with Crippen LogP contribution in [0.4, 0.5) is 0 Å². The number of aromatic nitrogens is 2. The standard InChI is InChI=1S/C12H10N2/c1-8-13-11-6-9-4-2-3-5-10(9)7-12(11)14-8/h2-7H,1H3,(H,13,14). The molecule has 0 amide bonds. The fourth-order valence-corrected chi connectivity index (χ4v) is 1.82. The Labute approximate surface area is 81.6 Å². The van der Waals surface area contributed by atoms with E-state index in [2.05, 4.69) is 40.3 Å². The summed E-state index contributed by atoms with van der Waals surface area (Å²) in [6, 6.07) is 12.6. The highest BCUT2D eigenvalue weighted by Gasteiger charge is 2.00. The van der Waals surface area contributed by atoms with Crippen LogP contribution in [-0.4, -0.2) is 9.97 Å². The first-order chi connectivity index (χ1) is 6.83. The molecule has 2 aromatic carbocycles. The molecule has 0 aliphatic rings. The third-order valence-corrected chi connectivity index (χ3v) is 2.47. The van der Waals surface area contributed by atoms with Crippen LogP contribution in [0.25, 0.3) is 21.8 Å². The van der Waals surface area contributed by atoms with Crippen LogP contribution in [0.3, 0.4) is 0 Å². The number of hydrogen-bond donors (Lipinski definition) is 1. The zero-order valence-corrected chi connectivity index (χ0v) is 7.91. The second kappa shape index (κ2) is 2.58. The number of rotatable bonds is 0. The van der Waals surface area contributed by atoms with Crippen molar-refractivity contribution in [1.82, 2.24) is 9.97 Å². The van der Waals surface area contributed by atoms with Crippen molar-refractivity contribution in [2.45, 2.75) is 6.92 Å². The maximum absolute atomic E-state index is 4.41. The van der Waals surface area contributed by atoms with E-state index in [0.717, 1.165) is 16.9 Å². The number of nitrogens with zero attached hydrogens (tertiary/aromatic N) is 1. The minimum atomic E-state index is 0.968. The summed E-state index contributed by atoms with van der Waals surface area (Å²) in [6.45, 7) is 1.98. The molecule has 2 nitrogen and oxygen atoms in total. The molecule has 0 unspecified atom stereocenters. The lowest BCUT2D eigenvalue weighted by atomic mass is 10.1. The summed E-state index contributed by atoms with van der Waals surface area (Å²) < 4.78 is 0. The van der Waals surface area contributed by atoms with Crippen LogP contribution < -0.4 is 0 Å². The van der Waals surface area contributed by atoms with Gasteiger partial charge in [0, 0.05) is 0 Å². The molecule has 1 N–H and O–H groups in total. The van der Waals surface area contributed by atoms with Gasteiger partial charge in [0.15, 0.2) is 0 Å². The first-order valence-electron chi connectivity index (χ1n) is 4.68. The number of H-pyrrole nitrogens is 1. The summed E-state index contributed by atoms with van der Waals surface area (Å²) >= 11 is 0. The van der Waals surface area contributed by atoms with Gasteiger partial charge in [-0.2, -0.15) is 0 Å². The lowest BCUT2D eigenvalue weighted by Gasteiger charge is -1.95. The molecular weight excluding hydrogens is 172 g/mol. The van der Waals surface area contributed by atoms with E-state index in [1.54, 1.807) is 0 Å². The van der Waals surface area contributed by atoms with Gasteiger partial charge in [0.25, 0.3) is 0 Å². The number of aromatic amines is 1. The van der Waals surface area contributed by atoms with Crippen molar-refractivity contribution in [1.29, 1.82) is 0 Å². The van der Waals surface area contributed by atoms with Crippen molar-refractivity contribution >= 4 is 21.8 Å². The predicted octanol–water partition coefficient (Wildman–Crippen LogP) is 3.02. The average molecular weight is 182 g/mol. The van der Waals surface area contributed by atoms with E-state index >= 15 is 0 Å². The molecule has 1 heterocycles. The fraction of sp³-hybridized carbons (Fsp3) is 0.0833. The molecule has 0 atom stereocenters. The van der Waals surface area contributed by atoms with Crippen LogP contribution in [0.2, 0.25) is 0 Å². The van der Waals surface area contributed by atoms with Gasteiger partial charge in [0.2, 0.25) is 0 Å². The molecule has 1 aromatic heterocycles. The Balaban J connectivity index is 2.51. The van der Waals surface area contributed by atoms with Crippen molar-refractivity contribution in [3.63, 3.8) is 0 Å². The van der Waals surface area contributed by atoms with E-state index in [1.165, 1.54) is 10.8 Å². The SMILES string of the molecule is Cc1nc2cc3ccccc3cc2[nH]1. The Morgan fingerprint density at radius 1 is 1.07 bits per heavy atom. The minimum Gasteiger partial charge on any atom is -0.342 e. The zero-order valence-electron chi connectivity index (χ0n) is 7.91. The van der Waals surface area contributed by atoms with Gasteiger partial charge in [-0.05, 0) is 29.8 Å². The van der Waals surface area contributed by atoms with Gasteiger partial charge < -0.3 is 4.98 Å². The van der Waals surface area contributed by atoms with E-state index in [1.807, 2.05) is 13.0 Å². The monoisotopic (exact) mass is 182 g/mol. The van der Waals surface area contributed by atoms with Crippen LogP contribution in [0.1, 0.15) is 5.82 Å². The van der Waals surface area contributed by atoms with Crippen molar-refractivity contribution in [3.8, 4) is 0 Å². The average Bonchev–Trinajstić information content (AvgIpc) is 2.53. The molecule has 0 aliphatic heterocycles. The second-order valence-electron chi connectivity index (χ2n) is 3.54. The highest BCUT2D eigenvalue weighted by atomic mass is 14.9. The van der Waals surface area contributed by atoms with Gasteiger partial charge in [-0.1, -0.05) is 24.3 Å². The first-order valence-corrected chi connectivity index (χ1v) is 4.68. The topological polar surface area (TPSA) is 28.7 Å². The minimum absolute atomic E-state index is 0.968. The van der Waals surface area contributed by atoms with E-state index in [-0.39, 0.29) is 0 Å². The number of aryl methyl sites for hydroxylation is 1. The molecule has 0 bridgehead atoms. The van der Waals surface area contributed by atoms with Crippen LogP contribution >= 0.6 is 0 Å². The number of hydrogen-bond acceptors (Lipinski definition) is 1. The van der Waals surface area contributed by atoms with Gasteiger partial charge >= 0.3 is 0 Å². The number of imidazole rings is 1.